The number of nitrogens with one attached hydrogen (secondary N) is 3. The van der Waals surface area contributed by atoms with Crippen molar-refractivity contribution < 1.29 is 13.2 Å². The van der Waals surface area contributed by atoms with Crippen LogP contribution >= 0.6 is 0 Å². The van der Waals surface area contributed by atoms with Gasteiger partial charge < -0.3 is 5.32 Å². The highest BCUT2D eigenvalue weighted by Crippen LogP contribution is 2.21. The van der Waals surface area contributed by atoms with Crippen molar-refractivity contribution in [3.05, 3.63) is 66.4 Å². The first kappa shape index (κ1) is 18.4. The zero-order valence-electron chi connectivity index (χ0n) is 14.1. The normalized spacial score (nSPS) is 10.9. The van der Waals surface area contributed by atoms with Crippen LogP contribution in [0.5, 0.6) is 0 Å². The number of nitrogens with zero attached hydrogens (tertiary/aromatic N) is 1. The van der Waals surface area contributed by atoms with Crippen LogP contribution in [0.4, 0.5) is 5.69 Å². The summed E-state index contributed by atoms with van der Waals surface area (Å²) in [6.45, 7) is -0.1000. The van der Waals surface area contributed by atoms with Gasteiger partial charge in [-0.3, -0.25) is 9.89 Å². The molecule has 0 fully saturated rings. The largest absolute Gasteiger partial charge is 0.322 e. The number of carbonyl (C=O) groups excluding carboxylic acids is 1. The predicted molar refractivity (Wildman–Crippen MR) is 102 cm³/mol. The monoisotopic (exact) mass is 380 g/mol. The Hall–Kier alpha value is -3.41. The molecule has 0 aliphatic rings. The SMILES string of the molecule is C#CCNS(=O)(=O)c1ccc(C(=O)Nc2cccc(-c3ccn[nH]3)c2)cc1. The Kier molecular flexibility index (Phi) is 5.35. The topological polar surface area (TPSA) is 104 Å². The molecule has 8 heteroatoms. The lowest BCUT2D eigenvalue weighted by Crippen LogP contribution is -2.24. The molecular formula is C19H16N4O3S. The average Bonchev–Trinajstić information content (AvgIpc) is 3.21. The van der Waals surface area contributed by atoms with Crippen LogP contribution in [0.2, 0.25) is 0 Å². The number of benzene rings is 2. The molecule has 1 aromatic heterocycles. The maximum atomic E-state index is 12.4. The molecule has 1 heterocycles. The van der Waals surface area contributed by atoms with Gasteiger partial charge in [-0.05, 0) is 42.5 Å². The quantitative estimate of drug-likeness (QED) is 0.571. The zero-order chi connectivity index (χ0) is 19.3. The lowest BCUT2D eigenvalue weighted by molar-refractivity contribution is 0.102. The Bertz CT molecular complexity index is 1080. The number of amides is 1. The second kappa shape index (κ2) is 7.86. The highest BCUT2D eigenvalue weighted by Gasteiger charge is 2.14. The van der Waals surface area contributed by atoms with E-state index in [4.69, 9.17) is 6.42 Å². The van der Waals surface area contributed by atoms with E-state index >= 15 is 0 Å². The molecule has 0 aliphatic carbocycles. The van der Waals surface area contributed by atoms with Crippen molar-refractivity contribution in [3.8, 4) is 23.6 Å². The van der Waals surface area contributed by atoms with Crippen LogP contribution in [-0.4, -0.2) is 31.1 Å². The Morgan fingerprint density at radius 2 is 1.93 bits per heavy atom. The third kappa shape index (κ3) is 4.41. The van der Waals surface area contributed by atoms with E-state index in [1.807, 2.05) is 24.3 Å². The minimum atomic E-state index is -3.69. The van der Waals surface area contributed by atoms with Gasteiger partial charge in [0.15, 0.2) is 0 Å². The molecule has 0 saturated carbocycles. The number of aromatic nitrogens is 2. The van der Waals surface area contributed by atoms with Gasteiger partial charge in [-0.1, -0.05) is 18.1 Å². The van der Waals surface area contributed by atoms with E-state index in [0.717, 1.165) is 11.3 Å². The number of aromatic amines is 1. The molecule has 0 spiro atoms. The molecule has 0 bridgehead atoms. The van der Waals surface area contributed by atoms with E-state index in [1.165, 1.54) is 24.3 Å². The van der Waals surface area contributed by atoms with Crippen molar-refractivity contribution >= 4 is 21.6 Å². The molecule has 136 valence electrons. The number of carbonyl (C=O) groups is 1. The van der Waals surface area contributed by atoms with Gasteiger partial charge in [0, 0.05) is 23.0 Å². The summed E-state index contributed by atoms with van der Waals surface area (Å²) >= 11 is 0. The second-order valence-electron chi connectivity index (χ2n) is 5.56. The predicted octanol–water partition coefficient (Wildman–Crippen LogP) is 2.24. The van der Waals surface area contributed by atoms with Gasteiger partial charge in [0.25, 0.3) is 5.91 Å². The fourth-order valence-corrected chi connectivity index (χ4v) is 3.32. The van der Waals surface area contributed by atoms with E-state index < -0.39 is 10.0 Å². The van der Waals surface area contributed by atoms with Crippen LogP contribution in [0.1, 0.15) is 10.4 Å². The Morgan fingerprint density at radius 1 is 1.15 bits per heavy atom. The molecule has 0 unspecified atom stereocenters. The Labute approximate surface area is 156 Å². The van der Waals surface area contributed by atoms with Crippen LogP contribution < -0.4 is 10.0 Å². The molecule has 7 nitrogen and oxygen atoms in total. The van der Waals surface area contributed by atoms with E-state index in [-0.39, 0.29) is 17.3 Å². The molecule has 3 aromatic rings. The zero-order valence-corrected chi connectivity index (χ0v) is 15.0. The summed E-state index contributed by atoms with van der Waals surface area (Å²) < 4.78 is 26.3. The second-order valence-corrected chi connectivity index (χ2v) is 7.33. The molecule has 2 aromatic carbocycles. The van der Waals surface area contributed by atoms with E-state index in [0.29, 0.717) is 11.3 Å². The van der Waals surface area contributed by atoms with Crippen molar-refractivity contribution in [1.82, 2.24) is 14.9 Å². The smallest absolute Gasteiger partial charge is 0.255 e. The standard InChI is InChI=1S/C19H16N4O3S/c1-2-11-21-27(25,26)17-8-6-14(7-9-17)19(24)22-16-5-3-4-15(13-16)18-10-12-20-23-18/h1,3-10,12-13,21H,11H2,(H,20,23)(H,22,24). The molecule has 0 atom stereocenters. The average molecular weight is 380 g/mol. The molecule has 0 aliphatic heterocycles. The molecule has 1 amide bonds. The number of rotatable bonds is 6. The fraction of sp³-hybridized carbons (Fsp3) is 0.0526. The van der Waals surface area contributed by atoms with E-state index in [2.05, 4.69) is 26.2 Å². The maximum absolute atomic E-state index is 12.4. The first-order valence-corrected chi connectivity index (χ1v) is 9.42. The highest BCUT2D eigenvalue weighted by atomic mass is 32.2. The molecule has 3 rings (SSSR count). The number of sulfonamides is 1. The summed E-state index contributed by atoms with van der Waals surface area (Å²) in [4.78, 5) is 12.5. The summed E-state index contributed by atoms with van der Waals surface area (Å²) in [5, 5.41) is 9.56. The molecule has 27 heavy (non-hydrogen) atoms. The van der Waals surface area contributed by atoms with Crippen LogP contribution in [-0.2, 0) is 10.0 Å². The first-order valence-electron chi connectivity index (χ1n) is 7.94. The number of H-pyrrole nitrogens is 1. The van der Waals surface area contributed by atoms with Gasteiger partial charge in [0.05, 0.1) is 17.1 Å². The van der Waals surface area contributed by atoms with Crippen molar-refractivity contribution in [2.45, 2.75) is 4.90 Å². The lowest BCUT2D eigenvalue weighted by Gasteiger charge is -2.08. The van der Waals surface area contributed by atoms with Crippen molar-refractivity contribution in [1.29, 1.82) is 0 Å². The summed E-state index contributed by atoms with van der Waals surface area (Å²) in [6.07, 6.45) is 6.70. The lowest BCUT2D eigenvalue weighted by atomic mass is 10.1. The van der Waals surface area contributed by atoms with Gasteiger partial charge in [0.1, 0.15) is 0 Å². The molecule has 0 radical (unpaired) electrons. The van der Waals surface area contributed by atoms with Gasteiger partial charge in [-0.2, -0.15) is 9.82 Å². The highest BCUT2D eigenvalue weighted by molar-refractivity contribution is 7.89. The third-order valence-electron chi connectivity index (χ3n) is 3.72. The van der Waals surface area contributed by atoms with Crippen LogP contribution in [0.15, 0.2) is 65.7 Å². The van der Waals surface area contributed by atoms with E-state index in [9.17, 15) is 13.2 Å². The van der Waals surface area contributed by atoms with Crippen LogP contribution in [0.3, 0.4) is 0 Å². The Morgan fingerprint density at radius 3 is 2.59 bits per heavy atom. The summed E-state index contributed by atoms with van der Waals surface area (Å²) in [7, 11) is -3.69. The minimum absolute atomic E-state index is 0.0375. The van der Waals surface area contributed by atoms with Gasteiger partial charge in [0.2, 0.25) is 10.0 Å². The summed E-state index contributed by atoms with van der Waals surface area (Å²) in [6, 6.07) is 14.7. The number of hydrogen-bond acceptors (Lipinski definition) is 4. The van der Waals surface area contributed by atoms with Crippen LogP contribution in [0, 0.1) is 12.3 Å². The number of terminal acetylenes is 1. The summed E-state index contributed by atoms with van der Waals surface area (Å²) in [5.74, 6) is 1.85. The van der Waals surface area contributed by atoms with Crippen molar-refractivity contribution in [2.24, 2.45) is 0 Å². The van der Waals surface area contributed by atoms with E-state index in [1.54, 1.807) is 12.3 Å². The molecule has 0 saturated heterocycles. The fourth-order valence-electron chi connectivity index (χ4n) is 2.39. The third-order valence-corrected chi connectivity index (χ3v) is 5.14. The Balaban J connectivity index is 1.74. The maximum Gasteiger partial charge on any atom is 0.255 e. The first-order chi connectivity index (χ1) is 13.0. The number of hydrogen-bond donors (Lipinski definition) is 3. The molecular weight excluding hydrogens is 364 g/mol. The minimum Gasteiger partial charge on any atom is -0.322 e. The number of anilines is 1. The summed E-state index contributed by atoms with van der Waals surface area (Å²) in [5.41, 5.74) is 2.66. The van der Waals surface area contributed by atoms with Gasteiger partial charge in [-0.15, -0.1) is 6.42 Å². The van der Waals surface area contributed by atoms with Crippen molar-refractivity contribution in [3.63, 3.8) is 0 Å². The van der Waals surface area contributed by atoms with Crippen LogP contribution in [0.25, 0.3) is 11.3 Å². The van der Waals surface area contributed by atoms with Gasteiger partial charge in [-0.25, -0.2) is 8.42 Å². The van der Waals surface area contributed by atoms with Gasteiger partial charge >= 0.3 is 0 Å². The molecule has 3 N–H and O–H groups in total. The van der Waals surface area contributed by atoms with Crippen molar-refractivity contribution in [2.75, 3.05) is 11.9 Å².